The number of hydrogen-bond donors (Lipinski definition) is 4. The third-order valence-corrected chi connectivity index (χ3v) is 5.44. The van der Waals surface area contributed by atoms with Gasteiger partial charge in [0.05, 0.1) is 17.8 Å². The summed E-state index contributed by atoms with van der Waals surface area (Å²) in [5.74, 6) is 1.76. The number of carboxylic acids is 1. The van der Waals surface area contributed by atoms with Crippen LogP contribution < -0.4 is 16.0 Å². The fraction of sp³-hybridized carbons (Fsp3) is 0.125. The number of aromatic nitrogens is 2. The molecule has 4 aromatic rings. The Morgan fingerprint density at radius 3 is 2.41 bits per heavy atom. The number of rotatable bonds is 8. The van der Waals surface area contributed by atoms with Gasteiger partial charge in [-0.05, 0) is 61.5 Å². The van der Waals surface area contributed by atoms with Crippen LogP contribution >= 0.6 is 23.2 Å². The number of aromatic carboxylic acids is 1. The Labute approximate surface area is 206 Å². The van der Waals surface area contributed by atoms with Gasteiger partial charge in [0.15, 0.2) is 11.6 Å². The number of carboxylic acid groups (broad SMARTS) is 1. The van der Waals surface area contributed by atoms with Crippen LogP contribution in [0.1, 0.15) is 21.9 Å². The molecule has 174 valence electrons. The fourth-order valence-corrected chi connectivity index (χ4v) is 3.66. The molecule has 2 aromatic heterocycles. The molecule has 0 unspecified atom stereocenters. The van der Waals surface area contributed by atoms with E-state index >= 15 is 0 Å². The van der Waals surface area contributed by atoms with E-state index in [1.807, 2.05) is 24.3 Å². The topological polar surface area (TPSA) is 112 Å². The Morgan fingerprint density at radius 2 is 1.71 bits per heavy atom. The highest BCUT2D eigenvalue weighted by molar-refractivity contribution is 6.31. The Bertz CT molecular complexity index is 1340. The summed E-state index contributed by atoms with van der Waals surface area (Å²) in [4.78, 5) is 20.6. The zero-order chi connectivity index (χ0) is 24.2. The number of hydrogen-bond acceptors (Lipinski definition) is 7. The highest BCUT2D eigenvalue weighted by Crippen LogP contribution is 2.33. The molecule has 0 aliphatic heterocycles. The Hall–Kier alpha value is -3.75. The number of anilines is 4. The number of nitrogens with zero attached hydrogens (tertiary/aromatic N) is 2. The van der Waals surface area contributed by atoms with Crippen molar-refractivity contribution in [3.63, 3.8) is 0 Å². The van der Waals surface area contributed by atoms with E-state index in [1.54, 1.807) is 38.2 Å². The number of benzene rings is 2. The molecular weight excluding hydrogens is 477 g/mol. The zero-order valence-electron chi connectivity index (χ0n) is 18.3. The molecule has 0 atom stereocenters. The first-order valence-corrected chi connectivity index (χ1v) is 11.0. The Morgan fingerprint density at radius 1 is 1.00 bits per heavy atom. The van der Waals surface area contributed by atoms with Crippen molar-refractivity contribution in [2.24, 2.45) is 0 Å². The van der Waals surface area contributed by atoms with Crippen LogP contribution in [0.25, 0.3) is 11.3 Å². The lowest BCUT2D eigenvalue weighted by atomic mass is 10.1. The average molecular weight is 498 g/mol. The lowest BCUT2D eigenvalue weighted by molar-refractivity contribution is 0.0698. The van der Waals surface area contributed by atoms with Crippen molar-refractivity contribution in [3.05, 3.63) is 81.8 Å². The second-order valence-electron chi connectivity index (χ2n) is 7.34. The van der Waals surface area contributed by atoms with Gasteiger partial charge in [-0.2, -0.15) is 0 Å². The highest BCUT2D eigenvalue weighted by atomic mass is 35.5. The second kappa shape index (κ2) is 10.0. The van der Waals surface area contributed by atoms with E-state index in [9.17, 15) is 9.90 Å². The monoisotopic (exact) mass is 497 g/mol. The summed E-state index contributed by atoms with van der Waals surface area (Å²) in [6, 6.07) is 15.7. The van der Waals surface area contributed by atoms with Gasteiger partial charge in [-0.25, -0.2) is 14.8 Å². The molecule has 0 aliphatic carbocycles. The van der Waals surface area contributed by atoms with Crippen molar-refractivity contribution in [3.8, 4) is 11.3 Å². The predicted octanol–water partition coefficient (Wildman–Crippen LogP) is 6.45. The van der Waals surface area contributed by atoms with Gasteiger partial charge in [-0.3, -0.25) is 0 Å². The minimum atomic E-state index is -1.11. The Kier molecular flexibility index (Phi) is 6.90. The average Bonchev–Trinajstić information content (AvgIpc) is 3.28. The van der Waals surface area contributed by atoms with Gasteiger partial charge in [0.25, 0.3) is 0 Å². The van der Waals surface area contributed by atoms with Crippen LogP contribution in [-0.2, 0) is 6.54 Å². The summed E-state index contributed by atoms with van der Waals surface area (Å²) in [7, 11) is 1.74. The first kappa shape index (κ1) is 23.4. The van der Waals surface area contributed by atoms with Gasteiger partial charge in [-0.15, -0.1) is 0 Å². The third-order valence-electron chi connectivity index (χ3n) is 4.95. The van der Waals surface area contributed by atoms with E-state index in [0.29, 0.717) is 56.9 Å². The van der Waals surface area contributed by atoms with E-state index in [1.165, 1.54) is 6.07 Å². The van der Waals surface area contributed by atoms with E-state index in [2.05, 4.69) is 25.9 Å². The molecule has 4 N–H and O–H groups in total. The van der Waals surface area contributed by atoms with Crippen LogP contribution in [-0.4, -0.2) is 28.1 Å². The van der Waals surface area contributed by atoms with Crippen molar-refractivity contribution >= 4 is 52.2 Å². The van der Waals surface area contributed by atoms with Crippen LogP contribution in [0.4, 0.5) is 23.0 Å². The van der Waals surface area contributed by atoms with Crippen molar-refractivity contribution < 1.29 is 14.3 Å². The number of nitrogens with one attached hydrogen (secondary N) is 3. The fourth-order valence-electron chi connectivity index (χ4n) is 3.36. The van der Waals surface area contributed by atoms with E-state index in [0.717, 1.165) is 5.56 Å². The van der Waals surface area contributed by atoms with E-state index in [4.69, 9.17) is 27.6 Å². The summed E-state index contributed by atoms with van der Waals surface area (Å²) >= 11 is 11.9. The lowest BCUT2D eigenvalue weighted by Gasteiger charge is -2.17. The molecule has 34 heavy (non-hydrogen) atoms. The number of halogens is 2. The van der Waals surface area contributed by atoms with Crippen LogP contribution in [0.15, 0.2) is 59.0 Å². The summed E-state index contributed by atoms with van der Waals surface area (Å²) in [5, 5.41) is 20.0. The van der Waals surface area contributed by atoms with Crippen LogP contribution in [0.3, 0.4) is 0 Å². The quantitative estimate of drug-likeness (QED) is 0.219. The summed E-state index contributed by atoms with van der Waals surface area (Å²) in [5.41, 5.74) is 1.85. The summed E-state index contributed by atoms with van der Waals surface area (Å²) in [6.45, 7) is 2.09. The van der Waals surface area contributed by atoms with E-state index < -0.39 is 5.97 Å². The molecule has 10 heteroatoms. The second-order valence-corrected chi connectivity index (χ2v) is 8.21. The van der Waals surface area contributed by atoms with Gasteiger partial charge < -0.3 is 25.5 Å². The van der Waals surface area contributed by atoms with E-state index in [-0.39, 0.29) is 5.56 Å². The van der Waals surface area contributed by atoms with Gasteiger partial charge in [0.1, 0.15) is 23.0 Å². The van der Waals surface area contributed by atoms with Crippen molar-refractivity contribution in [2.45, 2.75) is 13.5 Å². The van der Waals surface area contributed by atoms with Gasteiger partial charge in [0, 0.05) is 22.7 Å². The maximum atomic E-state index is 11.7. The number of furan rings is 1. The van der Waals surface area contributed by atoms with Crippen LogP contribution in [0, 0.1) is 6.92 Å². The van der Waals surface area contributed by atoms with Crippen LogP contribution in [0.5, 0.6) is 0 Å². The molecule has 2 aromatic carbocycles. The molecule has 0 fully saturated rings. The normalized spacial score (nSPS) is 10.7. The predicted molar refractivity (Wildman–Crippen MR) is 134 cm³/mol. The largest absolute Gasteiger partial charge is 0.478 e. The number of carbonyl (C=O) groups is 1. The van der Waals surface area contributed by atoms with Crippen molar-refractivity contribution in [1.82, 2.24) is 9.97 Å². The summed E-state index contributed by atoms with van der Waals surface area (Å²) < 4.78 is 5.97. The molecule has 0 amide bonds. The first-order valence-electron chi connectivity index (χ1n) is 10.3. The summed E-state index contributed by atoms with van der Waals surface area (Å²) in [6.07, 6.45) is 0. The molecule has 0 radical (unpaired) electrons. The third kappa shape index (κ3) is 5.24. The SMILES string of the molecule is CNc1nc(C)nc(Nc2ccc(Cl)cc2C(=O)O)c1NCc1ccc(-c2ccc(Cl)cc2)o1. The molecule has 0 saturated heterocycles. The maximum Gasteiger partial charge on any atom is 0.337 e. The molecule has 0 saturated carbocycles. The molecule has 2 heterocycles. The maximum absolute atomic E-state index is 11.7. The molecule has 4 rings (SSSR count). The van der Waals surface area contributed by atoms with Gasteiger partial charge in [0.2, 0.25) is 0 Å². The smallest absolute Gasteiger partial charge is 0.337 e. The van der Waals surface area contributed by atoms with Gasteiger partial charge >= 0.3 is 5.97 Å². The minimum Gasteiger partial charge on any atom is -0.478 e. The molecule has 0 bridgehead atoms. The Balaban J connectivity index is 1.61. The molecule has 8 nitrogen and oxygen atoms in total. The standard InChI is InChI=1S/C24H21Cl2N5O3/c1-13-29-22(27-2)21(23(30-13)31-19-9-7-16(26)11-18(19)24(32)33)28-12-17-8-10-20(34-17)14-3-5-15(25)6-4-14/h3-11,28H,12H2,1-2H3,(H,32,33)(H2,27,29,30,31). The number of aryl methyl sites for hydroxylation is 1. The van der Waals surface area contributed by atoms with Gasteiger partial charge in [-0.1, -0.05) is 23.2 Å². The molecule has 0 spiro atoms. The molecular formula is C24H21Cl2N5O3. The molecule has 0 aliphatic rings. The first-order chi connectivity index (χ1) is 16.3. The zero-order valence-corrected chi connectivity index (χ0v) is 19.8. The van der Waals surface area contributed by atoms with Crippen molar-refractivity contribution in [2.75, 3.05) is 23.0 Å². The lowest BCUT2D eigenvalue weighted by Crippen LogP contribution is -2.11. The van der Waals surface area contributed by atoms with Crippen LogP contribution in [0.2, 0.25) is 10.0 Å². The highest BCUT2D eigenvalue weighted by Gasteiger charge is 2.17. The van der Waals surface area contributed by atoms with Crippen molar-refractivity contribution in [1.29, 1.82) is 0 Å². The minimum absolute atomic E-state index is 0.0272.